The molecule has 4 aromatic heterocycles. The van der Waals surface area contributed by atoms with Gasteiger partial charge in [0.15, 0.2) is 0 Å². The van der Waals surface area contributed by atoms with E-state index in [1.54, 1.807) is 0 Å². The summed E-state index contributed by atoms with van der Waals surface area (Å²) >= 11 is 0. The maximum atomic E-state index is 5.67. The van der Waals surface area contributed by atoms with Crippen LogP contribution in [0.25, 0.3) is 121 Å². The van der Waals surface area contributed by atoms with Crippen LogP contribution in [-0.2, 0) is 0 Å². The SMILES string of the molecule is c1ccc(-n2c3ccccc3c3cc(-c4nc5c6ccccc6c6ccccc6c5n4-c4cnc(-c5c6ccccc6cc6ccccc56)c5ccccc45)ccc32)nc1. The van der Waals surface area contributed by atoms with Crippen molar-refractivity contribution in [2.24, 2.45) is 0 Å². The molecular weight excluding hydrogens is 731 g/mol. The summed E-state index contributed by atoms with van der Waals surface area (Å²) in [6.45, 7) is 0. The van der Waals surface area contributed by atoms with E-state index in [2.05, 4.69) is 191 Å². The lowest BCUT2D eigenvalue weighted by atomic mass is 9.92. The lowest BCUT2D eigenvalue weighted by Crippen LogP contribution is -2.02. The van der Waals surface area contributed by atoms with Crippen LogP contribution in [0.5, 0.6) is 0 Å². The lowest BCUT2D eigenvalue weighted by Gasteiger charge is -2.18. The quantitative estimate of drug-likeness (QED) is 0.132. The number of fused-ring (bicyclic) bond motifs is 12. The Labute approximate surface area is 344 Å². The molecule has 0 spiro atoms. The van der Waals surface area contributed by atoms with Crippen molar-refractivity contribution >= 4 is 86.7 Å². The van der Waals surface area contributed by atoms with Gasteiger partial charge in [0.1, 0.15) is 11.6 Å². The Hall–Kier alpha value is -8.15. The maximum absolute atomic E-state index is 5.67. The summed E-state index contributed by atoms with van der Waals surface area (Å²) in [7, 11) is 0. The number of hydrogen-bond donors (Lipinski definition) is 0. The summed E-state index contributed by atoms with van der Waals surface area (Å²) in [5.74, 6) is 1.75. The summed E-state index contributed by atoms with van der Waals surface area (Å²) in [5.41, 5.74) is 8.34. The molecule has 0 unspecified atom stereocenters. The molecule has 0 saturated carbocycles. The van der Waals surface area contributed by atoms with E-state index in [1.165, 1.54) is 32.3 Å². The van der Waals surface area contributed by atoms with Crippen molar-refractivity contribution < 1.29 is 0 Å². The molecule has 13 rings (SSSR count). The zero-order chi connectivity index (χ0) is 39.3. The van der Waals surface area contributed by atoms with E-state index in [4.69, 9.17) is 15.0 Å². The second-order valence-electron chi connectivity index (χ2n) is 15.6. The zero-order valence-corrected chi connectivity index (χ0v) is 32.3. The Bertz CT molecular complexity index is 3840. The van der Waals surface area contributed by atoms with Crippen LogP contribution in [0.15, 0.2) is 200 Å². The van der Waals surface area contributed by atoms with Gasteiger partial charge in [-0.1, -0.05) is 146 Å². The smallest absolute Gasteiger partial charge is 0.145 e. The molecule has 0 radical (unpaired) electrons. The first-order chi connectivity index (χ1) is 29.8. The van der Waals surface area contributed by atoms with Crippen molar-refractivity contribution in [2.75, 3.05) is 0 Å². The Morgan fingerprint density at radius 3 is 1.70 bits per heavy atom. The first kappa shape index (κ1) is 32.9. The van der Waals surface area contributed by atoms with E-state index in [-0.39, 0.29) is 0 Å². The van der Waals surface area contributed by atoms with E-state index in [1.807, 2.05) is 18.3 Å². The van der Waals surface area contributed by atoms with Gasteiger partial charge >= 0.3 is 0 Å². The van der Waals surface area contributed by atoms with Gasteiger partial charge in [0.2, 0.25) is 0 Å². The second kappa shape index (κ2) is 12.7. The molecule has 0 amide bonds. The van der Waals surface area contributed by atoms with Crippen molar-refractivity contribution in [3.05, 3.63) is 200 Å². The summed E-state index contributed by atoms with van der Waals surface area (Å²) in [6.07, 6.45) is 3.93. The molecule has 0 saturated heterocycles. The highest BCUT2D eigenvalue weighted by Crippen LogP contribution is 2.44. The maximum Gasteiger partial charge on any atom is 0.145 e. The van der Waals surface area contributed by atoms with Gasteiger partial charge in [-0.05, 0) is 74.8 Å². The molecule has 0 aliphatic rings. The molecule has 0 aliphatic carbocycles. The van der Waals surface area contributed by atoms with Gasteiger partial charge in [-0.15, -0.1) is 0 Å². The molecule has 0 fully saturated rings. The molecule has 0 N–H and O–H groups in total. The first-order valence-corrected chi connectivity index (χ1v) is 20.4. The van der Waals surface area contributed by atoms with Crippen LogP contribution in [0, 0.1) is 0 Å². The third kappa shape index (κ3) is 4.66. The van der Waals surface area contributed by atoms with Crippen LogP contribution in [0.4, 0.5) is 0 Å². The van der Waals surface area contributed by atoms with Crippen molar-refractivity contribution in [1.29, 1.82) is 0 Å². The van der Waals surface area contributed by atoms with E-state index >= 15 is 0 Å². The van der Waals surface area contributed by atoms with Gasteiger partial charge < -0.3 is 0 Å². The normalized spacial score (nSPS) is 12.0. The third-order valence-corrected chi connectivity index (χ3v) is 12.4. The zero-order valence-electron chi connectivity index (χ0n) is 32.3. The number of aromatic nitrogens is 5. The predicted octanol–water partition coefficient (Wildman–Crippen LogP) is 14.0. The molecule has 4 heterocycles. The van der Waals surface area contributed by atoms with E-state index in [9.17, 15) is 0 Å². The van der Waals surface area contributed by atoms with Crippen molar-refractivity contribution in [3.63, 3.8) is 0 Å². The number of rotatable bonds is 4. The first-order valence-electron chi connectivity index (χ1n) is 20.4. The number of benzene rings is 9. The highest BCUT2D eigenvalue weighted by Gasteiger charge is 2.24. The van der Waals surface area contributed by atoms with Crippen LogP contribution in [-0.4, -0.2) is 24.1 Å². The Morgan fingerprint density at radius 1 is 0.383 bits per heavy atom. The van der Waals surface area contributed by atoms with Gasteiger partial charge in [0, 0.05) is 49.6 Å². The minimum atomic E-state index is 0.860. The molecule has 0 bridgehead atoms. The second-order valence-corrected chi connectivity index (χ2v) is 15.6. The van der Waals surface area contributed by atoms with E-state index < -0.39 is 0 Å². The van der Waals surface area contributed by atoms with Crippen molar-refractivity contribution in [3.8, 4) is 34.2 Å². The largest absolute Gasteiger partial charge is 0.294 e. The number of nitrogens with zero attached hydrogens (tertiary/aromatic N) is 5. The van der Waals surface area contributed by atoms with Crippen molar-refractivity contribution in [1.82, 2.24) is 24.1 Å². The van der Waals surface area contributed by atoms with Gasteiger partial charge in [0.25, 0.3) is 0 Å². The van der Waals surface area contributed by atoms with Crippen LogP contribution in [0.2, 0.25) is 0 Å². The van der Waals surface area contributed by atoms with Crippen LogP contribution >= 0.6 is 0 Å². The fourth-order valence-electron chi connectivity index (χ4n) is 9.80. The molecule has 60 heavy (non-hydrogen) atoms. The Balaban J connectivity index is 1.16. The fraction of sp³-hybridized carbons (Fsp3) is 0. The van der Waals surface area contributed by atoms with Gasteiger partial charge in [-0.3, -0.25) is 14.1 Å². The number of imidazole rings is 1. The van der Waals surface area contributed by atoms with Crippen molar-refractivity contribution in [2.45, 2.75) is 0 Å². The molecule has 0 atom stereocenters. The highest BCUT2D eigenvalue weighted by molar-refractivity contribution is 6.25. The minimum absolute atomic E-state index is 0.860. The molecule has 13 aromatic rings. The van der Waals surface area contributed by atoms with Crippen LogP contribution in [0.3, 0.4) is 0 Å². The molecule has 5 nitrogen and oxygen atoms in total. The fourth-order valence-corrected chi connectivity index (χ4v) is 9.80. The lowest BCUT2D eigenvalue weighted by molar-refractivity contribution is 1.08. The van der Waals surface area contributed by atoms with Gasteiger partial charge in [-0.25, -0.2) is 9.97 Å². The van der Waals surface area contributed by atoms with Crippen LogP contribution < -0.4 is 0 Å². The topological polar surface area (TPSA) is 48.5 Å². The van der Waals surface area contributed by atoms with Crippen LogP contribution in [0.1, 0.15) is 0 Å². The average Bonchev–Trinajstić information content (AvgIpc) is 3.88. The van der Waals surface area contributed by atoms with E-state index in [0.29, 0.717) is 0 Å². The van der Waals surface area contributed by atoms with E-state index in [0.717, 1.165) is 88.5 Å². The monoisotopic (exact) mass is 763 g/mol. The van der Waals surface area contributed by atoms with Gasteiger partial charge in [0.05, 0.1) is 39.6 Å². The average molecular weight is 764 g/mol. The molecule has 278 valence electrons. The summed E-state index contributed by atoms with van der Waals surface area (Å²) in [5, 5.41) is 13.9. The Morgan fingerprint density at radius 2 is 0.967 bits per heavy atom. The predicted molar refractivity (Wildman–Crippen MR) is 249 cm³/mol. The number of pyridine rings is 2. The molecule has 5 heteroatoms. The molecule has 9 aromatic carbocycles. The van der Waals surface area contributed by atoms with Gasteiger partial charge in [-0.2, -0.15) is 0 Å². The number of hydrogen-bond acceptors (Lipinski definition) is 3. The molecule has 0 aliphatic heterocycles. The summed E-state index contributed by atoms with van der Waals surface area (Å²) < 4.78 is 4.63. The highest BCUT2D eigenvalue weighted by atomic mass is 15.1. The standard InChI is InChI=1S/C55H33N5/c1-3-17-37-34(15-1)31-35-16-2-4-18-38(35)51(37)52-44-24-9-7-21-41(44)49(33-57-52)60-54-45-25-10-6-20-40(45)39-19-5-8-23-43(39)53(54)58-55(60)36-28-29-48-46(32-36)42-22-11-12-26-47(42)59(48)50-27-13-14-30-56-50/h1-33H. The third-order valence-electron chi connectivity index (χ3n) is 12.4. The Kier molecular flexibility index (Phi) is 6.95. The molecular formula is C55H33N5. The minimum Gasteiger partial charge on any atom is -0.294 e. The summed E-state index contributed by atoms with van der Waals surface area (Å²) in [4.78, 5) is 15.9. The summed E-state index contributed by atoms with van der Waals surface area (Å²) in [6, 6.07) is 67.2. The number of para-hydroxylation sites is 1.